The van der Waals surface area contributed by atoms with Crippen molar-refractivity contribution in [2.45, 2.75) is 32.4 Å². The fourth-order valence-corrected chi connectivity index (χ4v) is 3.32. The first-order valence-corrected chi connectivity index (χ1v) is 9.20. The molecule has 1 N–H and O–H groups in total. The summed E-state index contributed by atoms with van der Waals surface area (Å²) in [6.07, 6.45) is 3.04. The second-order valence-electron chi connectivity index (χ2n) is 6.55. The Morgan fingerprint density at radius 1 is 1.26 bits per heavy atom. The lowest BCUT2D eigenvalue weighted by Gasteiger charge is -2.22. The fourth-order valence-electron chi connectivity index (χ4n) is 3.32. The summed E-state index contributed by atoms with van der Waals surface area (Å²) in [6, 6.07) is 6.01. The topological polar surface area (TPSA) is 76.8 Å². The Morgan fingerprint density at radius 2 is 2.07 bits per heavy atom. The van der Waals surface area contributed by atoms with Crippen LogP contribution in [0, 0.1) is 0 Å². The van der Waals surface area contributed by atoms with Crippen molar-refractivity contribution in [1.82, 2.24) is 25.0 Å². The second kappa shape index (κ2) is 8.75. The average Bonchev–Trinajstić information content (AvgIpc) is 3.31. The second-order valence-corrected chi connectivity index (χ2v) is 6.55. The van der Waals surface area contributed by atoms with Gasteiger partial charge in [-0.25, -0.2) is 0 Å². The van der Waals surface area contributed by atoms with Crippen LogP contribution in [0.3, 0.4) is 0 Å². The predicted octanol–water partition coefficient (Wildman–Crippen LogP) is 1.49. The third-order valence-electron chi connectivity index (χ3n) is 4.85. The van der Waals surface area contributed by atoms with Crippen molar-refractivity contribution in [2.75, 3.05) is 34.9 Å². The van der Waals surface area contributed by atoms with Crippen LogP contribution in [0.4, 0.5) is 0 Å². The highest BCUT2D eigenvalue weighted by Gasteiger charge is 2.17. The minimum Gasteiger partial charge on any atom is -0.493 e. The van der Waals surface area contributed by atoms with E-state index in [2.05, 4.69) is 36.0 Å². The van der Waals surface area contributed by atoms with Crippen LogP contribution in [-0.2, 0) is 25.9 Å². The number of methoxy groups -OCH3 is 2. The van der Waals surface area contributed by atoms with E-state index in [1.54, 1.807) is 21.3 Å². The molecule has 0 amide bonds. The first-order valence-electron chi connectivity index (χ1n) is 9.20. The van der Waals surface area contributed by atoms with Gasteiger partial charge in [0, 0.05) is 33.6 Å². The van der Waals surface area contributed by atoms with E-state index in [0.29, 0.717) is 6.54 Å². The van der Waals surface area contributed by atoms with Gasteiger partial charge in [-0.15, -0.1) is 10.2 Å². The van der Waals surface area contributed by atoms with E-state index in [-0.39, 0.29) is 0 Å². The molecule has 3 rings (SSSR count). The molecule has 0 aliphatic carbocycles. The van der Waals surface area contributed by atoms with Crippen LogP contribution in [0.5, 0.6) is 11.5 Å². The summed E-state index contributed by atoms with van der Waals surface area (Å²) in [5.41, 5.74) is 1.19. The van der Waals surface area contributed by atoms with Gasteiger partial charge in [0.25, 0.3) is 0 Å². The highest BCUT2D eigenvalue weighted by molar-refractivity contribution is 5.79. The number of rotatable bonds is 7. The molecule has 1 aromatic carbocycles. The molecule has 1 aliphatic rings. The number of fused-ring (bicyclic) bond motifs is 1. The lowest BCUT2D eigenvalue weighted by Crippen LogP contribution is -2.40. The first-order chi connectivity index (χ1) is 13.2. The Balaban J connectivity index is 1.55. The summed E-state index contributed by atoms with van der Waals surface area (Å²) in [4.78, 5) is 6.49. The number of likely N-dealkylation sites (N-methyl/N-ethyl adjacent to an activating group) is 1. The Kier molecular flexibility index (Phi) is 6.16. The zero-order valence-corrected chi connectivity index (χ0v) is 16.5. The van der Waals surface area contributed by atoms with Crippen molar-refractivity contribution in [1.29, 1.82) is 0 Å². The van der Waals surface area contributed by atoms with E-state index in [1.165, 1.54) is 5.56 Å². The Morgan fingerprint density at radius 3 is 2.81 bits per heavy atom. The zero-order valence-electron chi connectivity index (χ0n) is 16.5. The van der Waals surface area contributed by atoms with E-state index < -0.39 is 0 Å². The summed E-state index contributed by atoms with van der Waals surface area (Å²) in [6.45, 7) is 2.46. The Labute approximate surface area is 160 Å². The minimum absolute atomic E-state index is 0.625. The highest BCUT2D eigenvalue weighted by atomic mass is 16.5. The lowest BCUT2D eigenvalue weighted by atomic mass is 10.1. The van der Waals surface area contributed by atoms with Crippen LogP contribution in [0.2, 0.25) is 0 Å². The number of guanidine groups is 1. The highest BCUT2D eigenvalue weighted by Crippen LogP contribution is 2.27. The van der Waals surface area contributed by atoms with Gasteiger partial charge in [0.15, 0.2) is 23.3 Å². The summed E-state index contributed by atoms with van der Waals surface area (Å²) < 4.78 is 12.9. The van der Waals surface area contributed by atoms with E-state index in [1.807, 2.05) is 19.2 Å². The number of hydrogen-bond donors (Lipinski definition) is 1. The third-order valence-corrected chi connectivity index (χ3v) is 4.85. The van der Waals surface area contributed by atoms with Gasteiger partial charge in [0.2, 0.25) is 0 Å². The zero-order chi connectivity index (χ0) is 19.2. The number of aryl methyl sites for hydroxylation is 1. The van der Waals surface area contributed by atoms with E-state index in [0.717, 1.165) is 61.5 Å². The molecule has 8 heteroatoms. The molecule has 2 heterocycles. The number of aliphatic imine (C=N–C) groups is 1. The van der Waals surface area contributed by atoms with Gasteiger partial charge in [-0.05, 0) is 30.5 Å². The van der Waals surface area contributed by atoms with Crippen LogP contribution in [0.15, 0.2) is 23.2 Å². The Hall–Kier alpha value is -2.77. The standard InChI is InChI=1S/C19H28N6O2/c1-20-19(21-13-18-23-22-17-6-5-10-25(17)18)24(2)11-9-14-7-8-15(26-3)16(12-14)27-4/h7-8,12H,5-6,9-11,13H2,1-4H3,(H,20,21). The molecular weight excluding hydrogens is 344 g/mol. The van der Waals surface area contributed by atoms with Crippen molar-refractivity contribution >= 4 is 5.96 Å². The molecule has 1 aromatic heterocycles. The molecule has 0 saturated heterocycles. The monoisotopic (exact) mass is 372 g/mol. The fraction of sp³-hybridized carbons (Fsp3) is 0.526. The largest absolute Gasteiger partial charge is 0.493 e. The third kappa shape index (κ3) is 4.32. The molecule has 2 aromatic rings. The summed E-state index contributed by atoms with van der Waals surface area (Å²) in [7, 11) is 7.13. The number of benzene rings is 1. The number of aromatic nitrogens is 3. The van der Waals surface area contributed by atoms with Crippen LogP contribution in [0.1, 0.15) is 23.6 Å². The van der Waals surface area contributed by atoms with Gasteiger partial charge in [-0.2, -0.15) is 0 Å². The maximum absolute atomic E-state index is 5.38. The van der Waals surface area contributed by atoms with Crippen molar-refractivity contribution < 1.29 is 9.47 Å². The van der Waals surface area contributed by atoms with E-state index in [9.17, 15) is 0 Å². The number of ether oxygens (including phenoxy) is 2. The van der Waals surface area contributed by atoms with Gasteiger partial charge in [-0.3, -0.25) is 4.99 Å². The van der Waals surface area contributed by atoms with Crippen LogP contribution in [-0.4, -0.2) is 60.5 Å². The predicted molar refractivity (Wildman–Crippen MR) is 104 cm³/mol. The van der Waals surface area contributed by atoms with Crippen LogP contribution >= 0.6 is 0 Å². The average molecular weight is 372 g/mol. The number of hydrogen-bond acceptors (Lipinski definition) is 5. The van der Waals surface area contributed by atoms with Crippen molar-refractivity contribution in [3.05, 3.63) is 35.4 Å². The van der Waals surface area contributed by atoms with E-state index in [4.69, 9.17) is 9.47 Å². The minimum atomic E-state index is 0.625. The SMILES string of the molecule is CN=C(NCc1nnc2n1CCC2)N(C)CCc1ccc(OC)c(OC)c1. The van der Waals surface area contributed by atoms with Gasteiger partial charge in [0.05, 0.1) is 20.8 Å². The lowest BCUT2D eigenvalue weighted by molar-refractivity contribution is 0.354. The molecule has 0 unspecified atom stereocenters. The molecular formula is C19H28N6O2. The van der Waals surface area contributed by atoms with Crippen LogP contribution in [0.25, 0.3) is 0 Å². The van der Waals surface area contributed by atoms with Crippen molar-refractivity contribution in [2.24, 2.45) is 4.99 Å². The summed E-state index contributed by atoms with van der Waals surface area (Å²) in [5.74, 6) is 4.39. The molecule has 0 atom stereocenters. The van der Waals surface area contributed by atoms with Crippen LogP contribution < -0.4 is 14.8 Å². The molecule has 27 heavy (non-hydrogen) atoms. The molecule has 0 bridgehead atoms. The van der Waals surface area contributed by atoms with Gasteiger partial charge >= 0.3 is 0 Å². The molecule has 0 saturated carbocycles. The van der Waals surface area contributed by atoms with E-state index >= 15 is 0 Å². The quantitative estimate of drug-likeness (QED) is 0.586. The van der Waals surface area contributed by atoms with Gasteiger partial charge < -0.3 is 24.3 Å². The first kappa shape index (κ1) is 19.0. The summed E-state index contributed by atoms with van der Waals surface area (Å²) >= 11 is 0. The van der Waals surface area contributed by atoms with Crippen molar-refractivity contribution in [3.8, 4) is 11.5 Å². The van der Waals surface area contributed by atoms with Gasteiger partial charge in [0.1, 0.15) is 5.82 Å². The molecule has 1 aliphatic heterocycles. The molecule has 146 valence electrons. The number of nitrogens with one attached hydrogen (secondary N) is 1. The number of nitrogens with zero attached hydrogens (tertiary/aromatic N) is 5. The maximum atomic E-state index is 5.38. The Bertz CT molecular complexity index is 801. The molecule has 0 fully saturated rings. The maximum Gasteiger partial charge on any atom is 0.193 e. The van der Waals surface area contributed by atoms with Gasteiger partial charge in [-0.1, -0.05) is 6.07 Å². The normalized spacial score (nSPS) is 13.4. The summed E-state index contributed by atoms with van der Waals surface area (Å²) in [5, 5.41) is 11.9. The smallest absolute Gasteiger partial charge is 0.193 e. The molecule has 0 spiro atoms. The van der Waals surface area contributed by atoms with Crippen molar-refractivity contribution in [3.63, 3.8) is 0 Å². The molecule has 0 radical (unpaired) electrons. The molecule has 8 nitrogen and oxygen atoms in total.